The van der Waals surface area contributed by atoms with Gasteiger partial charge in [0.1, 0.15) is 11.6 Å². The first kappa shape index (κ1) is 14.6. The topological polar surface area (TPSA) is 29.5 Å². The highest BCUT2D eigenvalue weighted by Gasteiger charge is 2.11. The molecule has 0 aliphatic rings. The number of hydrogen-bond donors (Lipinski definition) is 0. The number of methoxy groups -OCH3 is 1. The third-order valence-corrected chi connectivity index (χ3v) is 2.71. The van der Waals surface area contributed by atoms with Gasteiger partial charge in [-0.15, -0.1) is 0 Å². The van der Waals surface area contributed by atoms with Gasteiger partial charge in [0.15, 0.2) is 0 Å². The molecule has 0 saturated heterocycles. The van der Waals surface area contributed by atoms with Crippen LogP contribution in [0.2, 0.25) is 0 Å². The van der Waals surface area contributed by atoms with E-state index in [1.54, 1.807) is 0 Å². The van der Waals surface area contributed by atoms with Crippen LogP contribution in [0.15, 0.2) is 18.2 Å². The van der Waals surface area contributed by atoms with Crippen LogP contribution in [-0.4, -0.2) is 31.1 Å². The van der Waals surface area contributed by atoms with Crippen molar-refractivity contribution in [1.82, 2.24) is 4.90 Å². The molecule has 0 aromatic heterocycles. The number of nitrogens with zero attached hydrogens (tertiary/aromatic N) is 1. The van der Waals surface area contributed by atoms with Crippen LogP contribution in [0.1, 0.15) is 18.9 Å². The van der Waals surface area contributed by atoms with E-state index in [1.165, 1.54) is 13.2 Å². The van der Waals surface area contributed by atoms with E-state index in [4.69, 9.17) is 0 Å². The van der Waals surface area contributed by atoms with Crippen LogP contribution in [0.5, 0.6) is 0 Å². The second-order valence-electron chi connectivity index (χ2n) is 3.93. The Morgan fingerprint density at radius 1 is 1.39 bits per heavy atom. The summed E-state index contributed by atoms with van der Waals surface area (Å²) in [6.45, 7) is 3.28. The lowest BCUT2D eigenvalue weighted by Gasteiger charge is -2.20. The number of carbonyl (C=O) groups excluding carboxylic acids is 1. The van der Waals surface area contributed by atoms with Crippen LogP contribution < -0.4 is 0 Å². The average molecular weight is 257 g/mol. The minimum Gasteiger partial charge on any atom is -0.469 e. The predicted octanol–water partition coefficient (Wildman–Crippen LogP) is 2.35. The van der Waals surface area contributed by atoms with Gasteiger partial charge in [0.2, 0.25) is 0 Å². The summed E-state index contributed by atoms with van der Waals surface area (Å²) in [6.07, 6.45) is 0.237. The van der Waals surface area contributed by atoms with Crippen LogP contribution >= 0.6 is 0 Å². The highest BCUT2D eigenvalue weighted by Crippen LogP contribution is 2.12. The Labute approximate surface area is 105 Å². The molecule has 100 valence electrons. The van der Waals surface area contributed by atoms with Gasteiger partial charge in [-0.2, -0.15) is 0 Å². The molecule has 0 unspecified atom stereocenters. The molecule has 0 aliphatic heterocycles. The Morgan fingerprint density at radius 3 is 2.72 bits per heavy atom. The molecule has 0 atom stereocenters. The van der Waals surface area contributed by atoms with Gasteiger partial charge in [-0.05, 0) is 24.7 Å². The zero-order valence-electron chi connectivity index (χ0n) is 10.6. The maximum atomic E-state index is 13.4. The van der Waals surface area contributed by atoms with E-state index in [2.05, 4.69) is 4.74 Å². The van der Waals surface area contributed by atoms with E-state index in [-0.39, 0.29) is 18.9 Å². The monoisotopic (exact) mass is 257 g/mol. The molecule has 18 heavy (non-hydrogen) atoms. The van der Waals surface area contributed by atoms with Crippen molar-refractivity contribution in [3.05, 3.63) is 35.4 Å². The fraction of sp³-hybridized carbons (Fsp3) is 0.462. The SMILES string of the molecule is CCN(CCC(=O)OC)Cc1cc(F)ccc1F. The van der Waals surface area contributed by atoms with Crippen LogP contribution in [0, 0.1) is 11.6 Å². The molecule has 5 heteroatoms. The molecule has 0 radical (unpaired) electrons. The van der Waals surface area contributed by atoms with E-state index >= 15 is 0 Å². The van der Waals surface area contributed by atoms with Gasteiger partial charge in [0.25, 0.3) is 0 Å². The van der Waals surface area contributed by atoms with Crippen molar-refractivity contribution < 1.29 is 18.3 Å². The Bertz CT molecular complexity index is 410. The molecule has 0 fully saturated rings. The summed E-state index contributed by atoms with van der Waals surface area (Å²) in [5.41, 5.74) is 0.293. The van der Waals surface area contributed by atoms with E-state index in [0.717, 1.165) is 12.1 Å². The quantitative estimate of drug-likeness (QED) is 0.733. The van der Waals surface area contributed by atoms with Gasteiger partial charge in [0, 0.05) is 18.7 Å². The van der Waals surface area contributed by atoms with Crippen molar-refractivity contribution in [3.8, 4) is 0 Å². The van der Waals surface area contributed by atoms with Crippen molar-refractivity contribution >= 4 is 5.97 Å². The number of benzene rings is 1. The van der Waals surface area contributed by atoms with Crippen molar-refractivity contribution in [1.29, 1.82) is 0 Å². The first-order valence-electron chi connectivity index (χ1n) is 5.80. The van der Waals surface area contributed by atoms with Crippen molar-refractivity contribution in [2.75, 3.05) is 20.2 Å². The van der Waals surface area contributed by atoms with Gasteiger partial charge in [-0.25, -0.2) is 8.78 Å². The molecule has 0 spiro atoms. The summed E-state index contributed by atoms with van der Waals surface area (Å²) in [5.74, 6) is -1.21. The van der Waals surface area contributed by atoms with Crippen molar-refractivity contribution in [2.45, 2.75) is 19.9 Å². The Kier molecular flexibility index (Phi) is 5.71. The maximum Gasteiger partial charge on any atom is 0.306 e. The maximum absolute atomic E-state index is 13.4. The van der Waals surface area contributed by atoms with Crippen molar-refractivity contribution in [3.63, 3.8) is 0 Å². The zero-order valence-corrected chi connectivity index (χ0v) is 10.6. The highest BCUT2D eigenvalue weighted by molar-refractivity contribution is 5.69. The predicted molar refractivity (Wildman–Crippen MR) is 63.9 cm³/mol. The number of esters is 1. The molecule has 0 saturated carbocycles. The summed E-state index contributed by atoms with van der Waals surface area (Å²) >= 11 is 0. The number of hydrogen-bond acceptors (Lipinski definition) is 3. The number of ether oxygens (including phenoxy) is 1. The Morgan fingerprint density at radius 2 is 2.11 bits per heavy atom. The Hall–Kier alpha value is -1.49. The summed E-state index contributed by atoms with van der Waals surface area (Å²) in [5, 5.41) is 0. The molecule has 3 nitrogen and oxygen atoms in total. The summed E-state index contributed by atoms with van der Waals surface area (Å²) < 4.78 is 31.0. The first-order chi connectivity index (χ1) is 8.56. The minimum atomic E-state index is -0.463. The molecular formula is C13H17F2NO2. The molecule has 1 rings (SSSR count). The van der Waals surface area contributed by atoms with Crippen LogP contribution in [0.3, 0.4) is 0 Å². The summed E-state index contributed by atoms with van der Waals surface area (Å²) in [4.78, 5) is 12.9. The van der Waals surface area contributed by atoms with Gasteiger partial charge >= 0.3 is 5.97 Å². The fourth-order valence-corrected chi connectivity index (χ4v) is 1.61. The summed E-state index contributed by atoms with van der Waals surface area (Å²) in [7, 11) is 1.32. The number of halogens is 2. The molecule has 0 bridgehead atoms. The molecule has 0 heterocycles. The average Bonchev–Trinajstić information content (AvgIpc) is 2.37. The largest absolute Gasteiger partial charge is 0.469 e. The molecular weight excluding hydrogens is 240 g/mol. The van der Waals surface area contributed by atoms with E-state index in [1.807, 2.05) is 11.8 Å². The van der Waals surface area contributed by atoms with Crippen LogP contribution in [0.4, 0.5) is 8.78 Å². The Balaban J connectivity index is 2.62. The van der Waals surface area contributed by atoms with Gasteiger partial charge in [0.05, 0.1) is 13.5 Å². The molecule has 0 amide bonds. The molecule has 0 aliphatic carbocycles. The van der Waals surface area contributed by atoms with E-state index in [9.17, 15) is 13.6 Å². The van der Waals surface area contributed by atoms with Crippen LogP contribution in [0.25, 0.3) is 0 Å². The number of rotatable bonds is 6. The lowest BCUT2D eigenvalue weighted by molar-refractivity contribution is -0.141. The lowest BCUT2D eigenvalue weighted by Crippen LogP contribution is -2.26. The van der Waals surface area contributed by atoms with Gasteiger partial charge in [-0.1, -0.05) is 6.92 Å². The standard InChI is InChI=1S/C13H17F2NO2/c1-3-16(7-6-13(17)18-2)9-10-8-11(14)4-5-12(10)15/h4-5,8H,3,6-7,9H2,1-2H3. The van der Waals surface area contributed by atoms with E-state index < -0.39 is 11.6 Å². The highest BCUT2D eigenvalue weighted by atomic mass is 19.1. The van der Waals surface area contributed by atoms with Crippen LogP contribution in [-0.2, 0) is 16.1 Å². The lowest BCUT2D eigenvalue weighted by atomic mass is 10.2. The second kappa shape index (κ2) is 7.06. The normalized spacial score (nSPS) is 10.7. The zero-order chi connectivity index (χ0) is 13.5. The molecule has 1 aromatic rings. The fourth-order valence-electron chi connectivity index (χ4n) is 1.61. The van der Waals surface area contributed by atoms with Gasteiger partial charge in [-0.3, -0.25) is 9.69 Å². The van der Waals surface area contributed by atoms with Gasteiger partial charge < -0.3 is 4.74 Å². The first-order valence-corrected chi connectivity index (χ1v) is 5.80. The van der Waals surface area contributed by atoms with E-state index in [0.29, 0.717) is 18.7 Å². The third kappa shape index (κ3) is 4.41. The number of carbonyl (C=O) groups is 1. The third-order valence-electron chi connectivity index (χ3n) is 2.71. The molecule has 0 N–H and O–H groups in total. The summed E-state index contributed by atoms with van der Waals surface area (Å²) in [6, 6.07) is 3.37. The minimum absolute atomic E-state index is 0.237. The van der Waals surface area contributed by atoms with Crippen molar-refractivity contribution in [2.24, 2.45) is 0 Å². The smallest absolute Gasteiger partial charge is 0.306 e. The molecule has 1 aromatic carbocycles. The second-order valence-corrected chi connectivity index (χ2v) is 3.93.